The number of rotatable bonds is 8. The summed E-state index contributed by atoms with van der Waals surface area (Å²) in [4.78, 5) is 18.7. The molecule has 0 aliphatic carbocycles. The summed E-state index contributed by atoms with van der Waals surface area (Å²) in [6.07, 6.45) is -5.48. The van der Waals surface area contributed by atoms with Gasteiger partial charge in [-0.05, 0) is 41.8 Å². The van der Waals surface area contributed by atoms with Crippen LogP contribution in [0.25, 0.3) is 0 Å². The van der Waals surface area contributed by atoms with Crippen LogP contribution in [0.5, 0.6) is 11.5 Å². The Kier molecular flexibility index (Phi) is 6.56. The highest BCUT2D eigenvalue weighted by Gasteiger charge is 2.49. The van der Waals surface area contributed by atoms with Gasteiger partial charge in [-0.3, -0.25) is 9.69 Å². The summed E-state index contributed by atoms with van der Waals surface area (Å²) in [6.45, 7) is -3.18. The van der Waals surface area contributed by atoms with Gasteiger partial charge in [0.1, 0.15) is 11.5 Å². The standard InChI is InChI=1S/C21H20F5N3O3/c1-29-17(30)21(28-19(29)27,13-6-8-15(9-7-13)32-18(22)23)14-4-2-5-16(12-14)31-11-3-10-20(24,25)26/h2,4-9,12,18H,3,10-11H2,1H3,(H2,27,28). The first-order chi connectivity index (χ1) is 15.0. The number of amides is 1. The van der Waals surface area contributed by atoms with Crippen LogP contribution < -0.4 is 15.2 Å². The number of ether oxygens (including phenoxy) is 2. The summed E-state index contributed by atoms with van der Waals surface area (Å²) in [5, 5.41) is 0. The number of hydrogen-bond donors (Lipinski definition) is 1. The Labute approximate surface area is 180 Å². The summed E-state index contributed by atoms with van der Waals surface area (Å²) in [5.74, 6) is -0.402. The van der Waals surface area contributed by atoms with Gasteiger partial charge in [-0.1, -0.05) is 24.3 Å². The maximum atomic E-state index is 13.2. The fraction of sp³-hybridized carbons (Fsp3) is 0.333. The van der Waals surface area contributed by atoms with Crippen molar-refractivity contribution in [2.24, 2.45) is 10.7 Å². The molecular weight excluding hydrogens is 437 g/mol. The number of alkyl halides is 5. The van der Waals surface area contributed by atoms with Crippen molar-refractivity contribution in [2.75, 3.05) is 13.7 Å². The minimum atomic E-state index is -4.28. The van der Waals surface area contributed by atoms with Gasteiger partial charge >= 0.3 is 12.8 Å². The number of benzene rings is 2. The normalized spacial score (nSPS) is 18.8. The number of carbonyl (C=O) groups excluding carboxylic acids is 1. The fourth-order valence-corrected chi connectivity index (χ4v) is 3.34. The van der Waals surface area contributed by atoms with Gasteiger partial charge in [0, 0.05) is 13.5 Å². The van der Waals surface area contributed by atoms with E-state index in [0.29, 0.717) is 11.1 Å². The van der Waals surface area contributed by atoms with E-state index in [0.717, 1.165) is 4.90 Å². The molecule has 0 bridgehead atoms. The number of nitrogens with zero attached hydrogens (tertiary/aromatic N) is 2. The summed E-state index contributed by atoms with van der Waals surface area (Å²) in [5.41, 5.74) is 4.96. The first-order valence-corrected chi connectivity index (χ1v) is 9.52. The van der Waals surface area contributed by atoms with E-state index in [1.54, 1.807) is 18.2 Å². The Morgan fingerprint density at radius 1 is 1.09 bits per heavy atom. The molecule has 3 rings (SSSR count). The number of likely N-dealkylation sites (N-methyl/N-ethyl adjacent to an activating group) is 1. The Hall–Kier alpha value is -3.37. The average Bonchev–Trinajstić information content (AvgIpc) is 2.96. The molecule has 1 unspecified atom stereocenters. The lowest BCUT2D eigenvalue weighted by molar-refractivity contribution is -0.136. The first kappa shape index (κ1) is 23.3. The van der Waals surface area contributed by atoms with E-state index in [1.165, 1.54) is 37.4 Å². The molecule has 0 saturated carbocycles. The van der Waals surface area contributed by atoms with Crippen LogP contribution in [-0.4, -0.2) is 43.2 Å². The van der Waals surface area contributed by atoms with Crippen LogP contribution in [0.1, 0.15) is 24.0 Å². The van der Waals surface area contributed by atoms with Crippen molar-refractivity contribution < 1.29 is 36.2 Å². The minimum Gasteiger partial charge on any atom is -0.494 e. The number of halogens is 5. The Balaban J connectivity index is 1.93. The highest BCUT2D eigenvalue weighted by atomic mass is 19.4. The zero-order valence-corrected chi connectivity index (χ0v) is 16.9. The highest BCUT2D eigenvalue weighted by molar-refractivity contribution is 6.08. The van der Waals surface area contributed by atoms with Gasteiger partial charge in [0.05, 0.1) is 6.61 Å². The molecule has 11 heteroatoms. The maximum absolute atomic E-state index is 13.2. The third-order valence-corrected chi connectivity index (χ3v) is 4.86. The predicted octanol–water partition coefficient (Wildman–Crippen LogP) is 4.04. The third kappa shape index (κ3) is 4.92. The van der Waals surface area contributed by atoms with Gasteiger partial charge < -0.3 is 15.2 Å². The molecule has 0 saturated heterocycles. The van der Waals surface area contributed by atoms with E-state index in [-0.39, 0.29) is 30.5 Å². The highest BCUT2D eigenvalue weighted by Crippen LogP contribution is 2.41. The van der Waals surface area contributed by atoms with Crippen LogP contribution >= 0.6 is 0 Å². The van der Waals surface area contributed by atoms with E-state index in [9.17, 15) is 26.7 Å². The summed E-state index contributed by atoms with van der Waals surface area (Å²) in [6, 6.07) is 11.6. The van der Waals surface area contributed by atoms with Crippen molar-refractivity contribution in [1.29, 1.82) is 0 Å². The zero-order valence-electron chi connectivity index (χ0n) is 16.9. The van der Waals surface area contributed by atoms with Gasteiger partial charge in [0.25, 0.3) is 5.91 Å². The van der Waals surface area contributed by atoms with Crippen molar-refractivity contribution in [3.63, 3.8) is 0 Å². The van der Waals surface area contributed by atoms with E-state index in [4.69, 9.17) is 10.5 Å². The van der Waals surface area contributed by atoms with Crippen LogP contribution in [0, 0.1) is 0 Å². The largest absolute Gasteiger partial charge is 0.494 e. The molecule has 1 aliphatic rings. The number of carbonyl (C=O) groups is 1. The number of nitrogens with two attached hydrogens (primary N) is 1. The number of guanidine groups is 1. The molecule has 0 radical (unpaired) electrons. The lowest BCUT2D eigenvalue weighted by Gasteiger charge is -2.26. The molecule has 1 aliphatic heterocycles. The Morgan fingerprint density at radius 2 is 1.78 bits per heavy atom. The Morgan fingerprint density at radius 3 is 2.34 bits per heavy atom. The van der Waals surface area contributed by atoms with Gasteiger partial charge in [-0.25, -0.2) is 4.99 Å². The van der Waals surface area contributed by atoms with E-state index in [1.807, 2.05) is 0 Å². The van der Waals surface area contributed by atoms with Crippen LogP contribution in [0.2, 0.25) is 0 Å². The first-order valence-electron chi connectivity index (χ1n) is 9.52. The molecule has 2 N–H and O–H groups in total. The molecule has 6 nitrogen and oxygen atoms in total. The number of aliphatic imine (C=N–C) groups is 1. The molecule has 1 atom stereocenters. The van der Waals surface area contributed by atoms with Crippen molar-refractivity contribution in [1.82, 2.24) is 4.90 Å². The van der Waals surface area contributed by atoms with E-state index < -0.39 is 30.7 Å². The Bertz CT molecular complexity index is 995. The monoisotopic (exact) mass is 457 g/mol. The second kappa shape index (κ2) is 9.01. The molecule has 1 amide bonds. The van der Waals surface area contributed by atoms with Crippen molar-refractivity contribution in [3.05, 3.63) is 59.7 Å². The molecule has 32 heavy (non-hydrogen) atoms. The zero-order chi connectivity index (χ0) is 23.5. The maximum Gasteiger partial charge on any atom is 0.389 e. The van der Waals surface area contributed by atoms with Crippen LogP contribution in [-0.2, 0) is 10.3 Å². The second-order valence-corrected chi connectivity index (χ2v) is 7.04. The fourth-order valence-electron chi connectivity index (χ4n) is 3.34. The lowest BCUT2D eigenvalue weighted by atomic mass is 9.82. The summed E-state index contributed by atoms with van der Waals surface area (Å²) in [7, 11) is 1.44. The molecule has 1 heterocycles. The molecule has 0 aromatic heterocycles. The molecule has 0 spiro atoms. The molecule has 2 aromatic rings. The molecule has 172 valence electrons. The SMILES string of the molecule is CN1C(=O)C(c2ccc(OC(F)F)cc2)(c2cccc(OCCCC(F)(F)F)c2)N=C1N. The second-order valence-electron chi connectivity index (χ2n) is 7.04. The van der Waals surface area contributed by atoms with Gasteiger partial charge in [-0.2, -0.15) is 22.0 Å². The van der Waals surface area contributed by atoms with Gasteiger partial charge in [0.15, 0.2) is 11.5 Å². The molecule has 0 fully saturated rings. The topological polar surface area (TPSA) is 77.2 Å². The van der Waals surface area contributed by atoms with Crippen LogP contribution in [0.3, 0.4) is 0 Å². The van der Waals surface area contributed by atoms with Crippen molar-refractivity contribution in [3.8, 4) is 11.5 Å². The number of hydrogen-bond acceptors (Lipinski definition) is 5. The molecule has 2 aromatic carbocycles. The van der Waals surface area contributed by atoms with Crippen LogP contribution in [0.15, 0.2) is 53.5 Å². The van der Waals surface area contributed by atoms with Gasteiger partial charge in [0.2, 0.25) is 0 Å². The minimum absolute atomic E-state index is 0.0561. The van der Waals surface area contributed by atoms with Gasteiger partial charge in [-0.15, -0.1) is 0 Å². The molecular formula is C21H20F5N3O3. The van der Waals surface area contributed by atoms with E-state index in [2.05, 4.69) is 9.73 Å². The summed E-state index contributed by atoms with van der Waals surface area (Å²) >= 11 is 0. The van der Waals surface area contributed by atoms with Crippen LogP contribution in [0.4, 0.5) is 22.0 Å². The quantitative estimate of drug-likeness (QED) is 0.480. The van der Waals surface area contributed by atoms with Crippen molar-refractivity contribution in [2.45, 2.75) is 31.2 Å². The lowest BCUT2D eigenvalue weighted by Crippen LogP contribution is -2.41. The predicted molar refractivity (Wildman–Crippen MR) is 105 cm³/mol. The summed E-state index contributed by atoms with van der Waals surface area (Å²) < 4.78 is 71.7. The smallest absolute Gasteiger partial charge is 0.389 e. The van der Waals surface area contributed by atoms with Crippen molar-refractivity contribution >= 4 is 11.9 Å². The van der Waals surface area contributed by atoms with E-state index >= 15 is 0 Å². The average molecular weight is 457 g/mol. The third-order valence-electron chi connectivity index (χ3n) is 4.86.